The topological polar surface area (TPSA) is 394 Å². The van der Waals surface area contributed by atoms with E-state index in [1.807, 2.05) is 0 Å². The molecule has 0 aliphatic heterocycles. The molecule has 8 amide bonds. The Morgan fingerprint density at radius 1 is 0.403 bits per heavy atom. The highest BCUT2D eigenvalue weighted by atomic mass is 19.4. The summed E-state index contributed by atoms with van der Waals surface area (Å²) < 4.78 is 178. The predicted octanol–water partition coefficient (Wildman–Crippen LogP) is 18.4. The van der Waals surface area contributed by atoms with Crippen molar-refractivity contribution in [3.63, 3.8) is 0 Å². The van der Waals surface area contributed by atoms with Crippen LogP contribution in [0.25, 0.3) is 0 Å². The summed E-state index contributed by atoms with van der Waals surface area (Å²) in [5, 5.41) is 24.0. The van der Waals surface area contributed by atoms with Crippen LogP contribution in [0.15, 0.2) is 213 Å². The minimum atomic E-state index is -4.53. The largest absolute Gasteiger partial charge is 0.474 e. The zero-order chi connectivity index (χ0) is 93.4. The second-order valence-electron chi connectivity index (χ2n) is 28.4. The number of nitrogens with two attached hydrogens (primary N) is 1. The van der Waals surface area contributed by atoms with Gasteiger partial charge in [-0.2, -0.15) is 52.7 Å². The quantitative estimate of drug-likeness (QED) is 0.0204. The van der Waals surface area contributed by atoms with Gasteiger partial charge in [-0.05, 0) is 164 Å². The molecule has 29 nitrogen and oxygen atoms in total. The molecule has 0 spiro atoms. The van der Waals surface area contributed by atoms with Gasteiger partial charge in [-0.3, -0.25) is 28.8 Å². The number of nitrogens with one attached hydrogen (secondary N) is 9. The van der Waals surface area contributed by atoms with Crippen LogP contribution in [-0.2, 0) is 72.7 Å². The molecule has 0 atom stereocenters. The van der Waals surface area contributed by atoms with Crippen molar-refractivity contribution in [2.75, 3.05) is 55.6 Å². The molecule has 1 aliphatic carbocycles. The molecule has 129 heavy (non-hydrogen) atoms. The van der Waals surface area contributed by atoms with Gasteiger partial charge in [-0.15, -0.1) is 0 Å². The molecule has 0 unspecified atom stereocenters. The number of hydrogen-bond acceptors (Lipinski definition) is 21. The standard InChI is InChI=1S/C23H21F3N4O3.2C22H19F3N4O3.C21H27F3N6O2/c1-14(2)22(32)30-19-12-21(28-13-27-19)33-17-9-7-16(8-10-17)29-20(31)11-15-5-3-4-6-18(15)23(24,25)26;1-2-19(30)29-18-12-21(27-13-26-18)32-17-9-7-16(8-10-17)28-20(31)11-14-3-5-15(6-4-14)22(23,24)25;1-2-19(30)29-18-12-21(27-13-26-18)32-16-9-7-15(8-10-16)28-20(31)11-14-5-3-4-6-17(14)22(23,24)25;1-13-2-3-15(10-17(13)21(22,23)24)30-20(31)29-14-4-6-16(7-5-14)32-19-11-18(26-9-8-25)27-12-28-19/h3-10,12-14H,11H2,1-2H3,(H,29,31)(H,27,28,30,32);2*3-10,12-13H,2,11H2,1H3,(H,28,31)(H,26,27,29,30);2-3,10-12,14,16H,4-9,25H2,1H3,(H,26,27,28)(H2,29,30,31). The Morgan fingerprint density at radius 3 is 1.19 bits per heavy atom. The number of hydrogen-bond donors (Lipinski definition) is 10. The summed E-state index contributed by atoms with van der Waals surface area (Å²) in [6, 6.07) is 42.5. The van der Waals surface area contributed by atoms with Gasteiger partial charge in [-0.1, -0.05) is 82.3 Å². The number of rotatable bonds is 28. The fraction of sp³-hybridized carbons (Fsp3) is 0.261. The van der Waals surface area contributed by atoms with Crippen LogP contribution in [0.3, 0.4) is 0 Å². The van der Waals surface area contributed by atoms with Gasteiger partial charge in [0.25, 0.3) is 0 Å². The van der Waals surface area contributed by atoms with Crippen LogP contribution >= 0.6 is 0 Å². The highest BCUT2D eigenvalue weighted by Crippen LogP contribution is 2.37. The van der Waals surface area contributed by atoms with Gasteiger partial charge < -0.3 is 72.5 Å². The summed E-state index contributed by atoms with van der Waals surface area (Å²) in [4.78, 5) is 116. The van der Waals surface area contributed by atoms with Crippen LogP contribution < -0.4 is 72.5 Å². The maximum Gasteiger partial charge on any atom is 0.416 e. The van der Waals surface area contributed by atoms with Crippen molar-refractivity contribution in [1.82, 2.24) is 45.2 Å². The zero-order valence-electron chi connectivity index (χ0n) is 69.4. The number of carbonyl (C=O) groups excluding carboxylic acids is 7. The molecular weight excluding hydrogens is 1710 g/mol. The Balaban J connectivity index is 0.000000194. The van der Waals surface area contributed by atoms with Gasteiger partial charge >= 0.3 is 30.7 Å². The van der Waals surface area contributed by atoms with Crippen molar-refractivity contribution in [3.05, 3.63) is 258 Å². The lowest BCUT2D eigenvalue weighted by Crippen LogP contribution is -2.41. The molecule has 11 N–H and O–H groups in total. The van der Waals surface area contributed by atoms with Gasteiger partial charge in [0, 0.05) is 84.9 Å². The molecular formula is C88H86F12N18O11. The first-order chi connectivity index (χ1) is 61.3. The number of aryl methyl sites for hydroxylation is 1. The van der Waals surface area contributed by atoms with E-state index in [-0.39, 0.29) is 88.1 Å². The molecule has 7 aromatic carbocycles. The van der Waals surface area contributed by atoms with E-state index in [0.29, 0.717) is 121 Å². The summed E-state index contributed by atoms with van der Waals surface area (Å²) in [5.74, 6) is 1.54. The number of ether oxygens (including phenoxy) is 4. The van der Waals surface area contributed by atoms with Crippen LogP contribution in [0.4, 0.5) is 104 Å². The van der Waals surface area contributed by atoms with Crippen LogP contribution in [0.1, 0.15) is 111 Å². The van der Waals surface area contributed by atoms with E-state index < -0.39 is 77.6 Å². The van der Waals surface area contributed by atoms with Crippen molar-refractivity contribution in [2.45, 2.75) is 129 Å². The van der Waals surface area contributed by atoms with Crippen molar-refractivity contribution in [3.8, 4) is 40.8 Å². The second-order valence-corrected chi connectivity index (χ2v) is 28.4. The molecule has 0 saturated heterocycles. The number of urea groups is 1. The van der Waals surface area contributed by atoms with E-state index in [1.54, 1.807) is 107 Å². The molecule has 4 aromatic heterocycles. The monoisotopic (exact) mass is 1800 g/mol. The number of anilines is 8. The van der Waals surface area contributed by atoms with Crippen LogP contribution in [0.5, 0.6) is 40.8 Å². The number of benzene rings is 7. The lowest BCUT2D eigenvalue weighted by Gasteiger charge is -2.29. The molecule has 1 saturated carbocycles. The van der Waals surface area contributed by atoms with Crippen LogP contribution in [-0.4, -0.2) is 107 Å². The molecule has 0 bridgehead atoms. The van der Waals surface area contributed by atoms with Gasteiger partial charge in [0.1, 0.15) is 71.9 Å². The molecule has 41 heteroatoms. The van der Waals surface area contributed by atoms with E-state index in [1.165, 1.54) is 111 Å². The summed E-state index contributed by atoms with van der Waals surface area (Å²) in [6.45, 7) is 9.40. The molecule has 0 radical (unpaired) electrons. The number of alkyl halides is 12. The van der Waals surface area contributed by atoms with E-state index >= 15 is 0 Å². The van der Waals surface area contributed by atoms with Crippen LogP contribution in [0.2, 0.25) is 0 Å². The smallest absolute Gasteiger partial charge is 0.416 e. The Morgan fingerprint density at radius 2 is 0.791 bits per heavy atom. The first kappa shape index (κ1) is 97.9. The Labute approximate surface area is 730 Å². The number of nitrogens with zero attached hydrogens (tertiary/aromatic N) is 8. The first-order valence-electron chi connectivity index (χ1n) is 39.6. The lowest BCUT2D eigenvalue weighted by atomic mass is 9.93. The van der Waals surface area contributed by atoms with Crippen LogP contribution in [0, 0.1) is 12.8 Å². The van der Waals surface area contributed by atoms with Crippen molar-refractivity contribution in [2.24, 2.45) is 11.7 Å². The zero-order valence-corrected chi connectivity index (χ0v) is 69.4. The second kappa shape index (κ2) is 46.3. The number of aromatic nitrogens is 8. The molecule has 11 aromatic rings. The third-order valence-corrected chi connectivity index (χ3v) is 18.1. The average Bonchev–Trinajstić information content (AvgIpc) is 0.695. The van der Waals surface area contributed by atoms with E-state index in [4.69, 9.17) is 24.7 Å². The fourth-order valence-electron chi connectivity index (χ4n) is 11.7. The molecule has 1 aliphatic rings. The highest BCUT2D eigenvalue weighted by molar-refractivity contribution is 5.95. The number of carbonyl (C=O) groups is 7. The third-order valence-electron chi connectivity index (χ3n) is 18.1. The van der Waals surface area contributed by atoms with E-state index in [9.17, 15) is 86.2 Å². The Bertz CT molecular complexity index is 5600. The van der Waals surface area contributed by atoms with Gasteiger partial charge in [-0.25, -0.2) is 44.7 Å². The van der Waals surface area contributed by atoms with Crippen molar-refractivity contribution < 1.29 is 105 Å². The highest BCUT2D eigenvalue weighted by Gasteiger charge is 2.36. The predicted molar refractivity (Wildman–Crippen MR) is 453 cm³/mol. The normalized spacial score (nSPS) is 13.0. The summed E-state index contributed by atoms with van der Waals surface area (Å²) in [5.41, 5.74) is 4.00. The molecule has 1 fully saturated rings. The summed E-state index contributed by atoms with van der Waals surface area (Å²) in [6.07, 6.45) is -10.3. The molecule has 12 rings (SSSR count). The number of amides is 8. The molecule has 678 valence electrons. The maximum atomic E-state index is 13.1. The van der Waals surface area contributed by atoms with Crippen molar-refractivity contribution >= 4 is 87.5 Å². The van der Waals surface area contributed by atoms with E-state index in [2.05, 4.69) is 87.7 Å². The lowest BCUT2D eigenvalue weighted by molar-refractivity contribution is -0.139. The minimum absolute atomic E-state index is 0.0418. The van der Waals surface area contributed by atoms with Gasteiger partial charge in [0.15, 0.2) is 0 Å². The molecule has 4 heterocycles. The van der Waals surface area contributed by atoms with Gasteiger partial charge in [0.05, 0.1) is 41.5 Å². The van der Waals surface area contributed by atoms with Crippen molar-refractivity contribution in [1.29, 1.82) is 0 Å². The fourth-order valence-corrected chi connectivity index (χ4v) is 11.7. The first-order valence-corrected chi connectivity index (χ1v) is 39.6. The summed E-state index contributed by atoms with van der Waals surface area (Å²) in [7, 11) is 0. The number of halogens is 12. The Hall–Kier alpha value is -14.9. The van der Waals surface area contributed by atoms with E-state index in [0.717, 1.165) is 30.3 Å². The van der Waals surface area contributed by atoms with Gasteiger partial charge in [0.2, 0.25) is 59.0 Å². The average molecular weight is 1800 g/mol. The third kappa shape index (κ3) is 32.8. The summed E-state index contributed by atoms with van der Waals surface area (Å²) >= 11 is 0. The Kier molecular flexibility index (Phi) is 35.2. The minimum Gasteiger partial charge on any atom is -0.474 e. The maximum absolute atomic E-state index is 13.1. The SMILES string of the molecule is CC(C)C(=O)Nc1cc(Oc2ccc(NC(=O)Cc3ccccc3C(F)(F)F)cc2)ncn1.CCC(=O)Nc1cc(Oc2ccc(NC(=O)Cc3ccc(C(F)(F)F)cc3)cc2)ncn1.CCC(=O)Nc1cc(Oc2ccc(NC(=O)Cc3ccccc3C(F)(F)F)cc2)ncn1.Cc1ccc(NC(=O)NC2CCC(Oc3cc(NCCN)ncn3)CC2)cc1C(F)(F)F.